The van der Waals surface area contributed by atoms with Crippen molar-refractivity contribution in [2.24, 2.45) is 5.92 Å². The van der Waals surface area contributed by atoms with Gasteiger partial charge < -0.3 is 20.1 Å². The molecule has 140 valence electrons. The van der Waals surface area contributed by atoms with Gasteiger partial charge in [0.2, 0.25) is 11.8 Å². The molecule has 2 amide bonds. The standard InChI is InChI=1S/C19H25N3O4/c1-20-16(23)8-19(10-25-11-19)22-17(24)15-7-6-14(13-4-5-13)18(21-15)26-9-12-2-3-12/h6-7,12-13H,2-5,8-11H2,1H3,(H,20,23)(H,22,24). The molecule has 7 heteroatoms. The van der Waals surface area contributed by atoms with E-state index in [-0.39, 0.29) is 18.2 Å². The van der Waals surface area contributed by atoms with E-state index in [0.717, 1.165) is 18.4 Å². The van der Waals surface area contributed by atoms with Crippen LogP contribution in [-0.2, 0) is 9.53 Å². The maximum absolute atomic E-state index is 12.7. The van der Waals surface area contributed by atoms with Crippen molar-refractivity contribution in [3.63, 3.8) is 0 Å². The zero-order valence-electron chi connectivity index (χ0n) is 15.0. The summed E-state index contributed by atoms with van der Waals surface area (Å²) in [6, 6.07) is 3.71. The molecule has 2 saturated carbocycles. The molecular formula is C19H25N3O4. The Labute approximate surface area is 152 Å². The van der Waals surface area contributed by atoms with Gasteiger partial charge in [0.1, 0.15) is 5.69 Å². The third-order valence-electron chi connectivity index (χ3n) is 5.21. The number of rotatable bonds is 8. The minimum absolute atomic E-state index is 0.126. The fourth-order valence-corrected chi connectivity index (χ4v) is 3.15. The Bertz CT molecular complexity index is 709. The van der Waals surface area contributed by atoms with Crippen molar-refractivity contribution in [2.45, 2.75) is 43.6 Å². The molecule has 1 aromatic rings. The molecule has 2 N–H and O–H groups in total. The lowest BCUT2D eigenvalue weighted by Gasteiger charge is -2.41. The van der Waals surface area contributed by atoms with Crippen molar-refractivity contribution >= 4 is 11.8 Å². The lowest BCUT2D eigenvalue weighted by atomic mass is 9.92. The molecular weight excluding hydrogens is 334 g/mol. The van der Waals surface area contributed by atoms with Gasteiger partial charge in [0, 0.05) is 12.6 Å². The van der Waals surface area contributed by atoms with Crippen LogP contribution in [0.4, 0.5) is 0 Å². The molecule has 0 spiro atoms. The van der Waals surface area contributed by atoms with Crippen LogP contribution in [0, 0.1) is 5.92 Å². The topological polar surface area (TPSA) is 89.6 Å². The number of hydrogen-bond acceptors (Lipinski definition) is 5. The number of hydrogen-bond donors (Lipinski definition) is 2. The molecule has 1 aromatic heterocycles. The Morgan fingerprint density at radius 3 is 2.62 bits per heavy atom. The van der Waals surface area contributed by atoms with Crippen LogP contribution in [0.2, 0.25) is 0 Å². The average Bonchev–Trinajstić information content (AvgIpc) is 3.50. The number of carbonyl (C=O) groups is 2. The van der Waals surface area contributed by atoms with Gasteiger partial charge in [-0.2, -0.15) is 0 Å². The van der Waals surface area contributed by atoms with Gasteiger partial charge in [-0.1, -0.05) is 6.07 Å². The summed E-state index contributed by atoms with van der Waals surface area (Å²) in [7, 11) is 1.58. The van der Waals surface area contributed by atoms with Crippen LogP contribution in [0.15, 0.2) is 12.1 Å². The second-order valence-electron chi connectivity index (χ2n) is 7.70. The van der Waals surface area contributed by atoms with E-state index in [2.05, 4.69) is 15.6 Å². The molecule has 2 heterocycles. The number of ether oxygens (including phenoxy) is 2. The summed E-state index contributed by atoms with van der Waals surface area (Å²) >= 11 is 0. The summed E-state index contributed by atoms with van der Waals surface area (Å²) in [5.74, 6) is 1.31. The van der Waals surface area contributed by atoms with E-state index in [1.165, 1.54) is 12.8 Å². The Morgan fingerprint density at radius 2 is 2.04 bits per heavy atom. The SMILES string of the molecule is CNC(=O)CC1(NC(=O)c2ccc(C3CC3)c(OCC3CC3)n2)COC1. The van der Waals surface area contributed by atoms with Crippen molar-refractivity contribution in [2.75, 3.05) is 26.9 Å². The van der Waals surface area contributed by atoms with E-state index >= 15 is 0 Å². The molecule has 1 aliphatic heterocycles. The molecule has 0 bridgehead atoms. The van der Waals surface area contributed by atoms with Gasteiger partial charge in [-0.3, -0.25) is 9.59 Å². The highest BCUT2D eigenvalue weighted by atomic mass is 16.5. The first kappa shape index (κ1) is 17.3. The van der Waals surface area contributed by atoms with Crippen LogP contribution in [-0.4, -0.2) is 49.2 Å². The van der Waals surface area contributed by atoms with E-state index in [9.17, 15) is 9.59 Å². The molecule has 0 unspecified atom stereocenters. The molecule has 2 aliphatic carbocycles. The van der Waals surface area contributed by atoms with Crippen LogP contribution in [0.1, 0.15) is 54.1 Å². The van der Waals surface area contributed by atoms with Gasteiger partial charge in [-0.05, 0) is 43.6 Å². The zero-order chi connectivity index (χ0) is 18.1. The Hall–Kier alpha value is -2.15. The van der Waals surface area contributed by atoms with Crippen LogP contribution in [0.25, 0.3) is 0 Å². The first-order valence-electron chi connectivity index (χ1n) is 9.33. The van der Waals surface area contributed by atoms with Crippen molar-refractivity contribution in [3.8, 4) is 5.88 Å². The molecule has 1 saturated heterocycles. The van der Waals surface area contributed by atoms with E-state index in [1.807, 2.05) is 6.07 Å². The number of nitrogens with one attached hydrogen (secondary N) is 2. The second-order valence-corrected chi connectivity index (χ2v) is 7.70. The third-order valence-corrected chi connectivity index (χ3v) is 5.21. The lowest BCUT2D eigenvalue weighted by molar-refractivity contribution is -0.129. The summed E-state index contributed by atoms with van der Waals surface area (Å²) in [5, 5.41) is 5.53. The van der Waals surface area contributed by atoms with Gasteiger partial charge in [0.25, 0.3) is 5.91 Å². The van der Waals surface area contributed by atoms with E-state index < -0.39 is 5.54 Å². The van der Waals surface area contributed by atoms with Gasteiger partial charge in [-0.15, -0.1) is 0 Å². The zero-order valence-corrected chi connectivity index (χ0v) is 15.0. The van der Waals surface area contributed by atoms with Crippen molar-refractivity contribution in [1.82, 2.24) is 15.6 Å². The van der Waals surface area contributed by atoms with Crippen LogP contribution >= 0.6 is 0 Å². The fraction of sp³-hybridized carbons (Fsp3) is 0.632. The molecule has 26 heavy (non-hydrogen) atoms. The van der Waals surface area contributed by atoms with Crippen LogP contribution in [0.3, 0.4) is 0 Å². The third kappa shape index (κ3) is 3.82. The molecule has 7 nitrogen and oxygen atoms in total. The van der Waals surface area contributed by atoms with E-state index in [0.29, 0.717) is 43.2 Å². The minimum atomic E-state index is -0.650. The van der Waals surface area contributed by atoms with E-state index in [1.54, 1.807) is 13.1 Å². The van der Waals surface area contributed by atoms with Crippen molar-refractivity contribution < 1.29 is 19.1 Å². The quantitative estimate of drug-likeness (QED) is 0.732. The number of amides is 2. The highest BCUT2D eigenvalue weighted by Crippen LogP contribution is 2.44. The number of carbonyl (C=O) groups excluding carboxylic acids is 2. The summed E-state index contributed by atoms with van der Waals surface area (Å²) in [6.07, 6.45) is 4.92. The first-order chi connectivity index (χ1) is 12.6. The van der Waals surface area contributed by atoms with Gasteiger partial charge in [-0.25, -0.2) is 4.98 Å². The second kappa shape index (κ2) is 6.87. The molecule has 0 atom stereocenters. The largest absolute Gasteiger partial charge is 0.477 e. The van der Waals surface area contributed by atoms with E-state index in [4.69, 9.17) is 9.47 Å². The lowest BCUT2D eigenvalue weighted by Crippen LogP contribution is -2.63. The monoisotopic (exact) mass is 359 g/mol. The first-order valence-corrected chi connectivity index (χ1v) is 9.33. The predicted molar refractivity (Wildman–Crippen MR) is 94.1 cm³/mol. The van der Waals surface area contributed by atoms with Crippen LogP contribution in [0.5, 0.6) is 5.88 Å². The van der Waals surface area contributed by atoms with Gasteiger partial charge >= 0.3 is 0 Å². The Morgan fingerprint density at radius 1 is 1.27 bits per heavy atom. The molecule has 4 rings (SSSR count). The Balaban J connectivity index is 1.47. The fourth-order valence-electron chi connectivity index (χ4n) is 3.15. The Kier molecular flexibility index (Phi) is 4.56. The summed E-state index contributed by atoms with van der Waals surface area (Å²) in [4.78, 5) is 28.9. The highest BCUT2D eigenvalue weighted by Gasteiger charge is 2.42. The molecule has 3 fully saturated rings. The summed E-state index contributed by atoms with van der Waals surface area (Å²) < 4.78 is 11.2. The van der Waals surface area contributed by atoms with Crippen LogP contribution < -0.4 is 15.4 Å². The summed E-state index contributed by atoms with van der Waals surface area (Å²) in [5.41, 5.74) is 0.779. The maximum Gasteiger partial charge on any atom is 0.270 e. The average molecular weight is 359 g/mol. The van der Waals surface area contributed by atoms with Gasteiger partial charge in [0.15, 0.2) is 0 Å². The maximum atomic E-state index is 12.7. The molecule has 0 radical (unpaired) electrons. The normalized spacial score (nSPS) is 20.8. The highest BCUT2D eigenvalue weighted by molar-refractivity contribution is 5.93. The number of aromatic nitrogens is 1. The van der Waals surface area contributed by atoms with Gasteiger partial charge in [0.05, 0.1) is 31.8 Å². The minimum Gasteiger partial charge on any atom is -0.477 e. The van der Waals surface area contributed by atoms with Crippen molar-refractivity contribution in [3.05, 3.63) is 23.4 Å². The van der Waals surface area contributed by atoms with Crippen molar-refractivity contribution in [1.29, 1.82) is 0 Å². The predicted octanol–water partition coefficient (Wildman–Crippen LogP) is 1.38. The molecule has 3 aliphatic rings. The smallest absolute Gasteiger partial charge is 0.270 e. The summed E-state index contributed by atoms with van der Waals surface area (Å²) in [6.45, 7) is 1.33. The number of nitrogens with zero attached hydrogens (tertiary/aromatic N) is 1. The molecule has 0 aromatic carbocycles. The number of pyridine rings is 1.